The van der Waals surface area contributed by atoms with E-state index < -0.39 is 11.5 Å². The fraction of sp³-hybridized carbons (Fsp3) is 0.281. The van der Waals surface area contributed by atoms with Gasteiger partial charge in [-0.2, -0.15) is 0 Å². The number of rotatable bonds is 8. The highest BCUT2D eigenvalue weighted by Gasteiger charge is 2.23. The standard InChI is InChI=1S/C32H33N5O6/c1-21-30(32(39)37(36(21)2)22-8-4-3-5-9-22)31(38)35-29-14-12-24(19-34-29)42-28-15-16-33-27-18-23(11-13-26(27)28)40-20-25-10-6-7-17-41-43-25/h3-5,8-9,11-15,18-19,25,33H,6-7,10,16-17,20H2,1-2H3,(H,34,35,38). The summed E-state index contributed by atoms with van der Waals surface area (Å²) in [5.41, 5.74) is 2.66. The fourth-order valence-electron chi connectivity index (χ4n) is 5.11. The first-order chi connectivity index (χ1) is 21.0. The monoisotopic (exact) mass is 583 g/mol. The Hall–Kier alpha value is -4.87. The predicted octanol–water partition coefficient (Wildman–Crippen LogP) is 4.86. The lowest BCUT2D eigenvalue weighted by Crippen LogP contribution is -2.25. The predicted molar refractivity (Wildman–Crippen MR) is 162 cm³/mol. The number of pyridine rings is 1. The number of carbonyl (C=O) groups excluding carboxylic acids is 1. The Balaban J connectivity index is 1.10. The molecule has 2 aliphatic heterocycles. The van der Waals surface area contributed by atoms with Crippen LogP contribution in [-0.2, 0) is 16.8 Å². The van der Waals surface area contributed by atoms with E-state index in [9.17, 15) is 9.59 Å². The summed E-state index contributed by atoms with van der Waals surface area (Å²) in [6.07, 6.45) is 6.34. The van der Waals surface area contributed by atoms with Crippen molar-refractivity contribution < 1.29 is 24.0 Å². The second-order valence-electron chi connectivity index (χ2n) is 10.4. The lowest BCUT2D eigenvalue weighted by atomic mass is 10.1. The molecule has 0 spiro atoms. The SMILES string of the molecule is Cc1c(C(=O)Nc2ccc(OC3=CCNc4cc(OCC5CCCCOO5)ccc43)cn2)c(=O)n(-c2ccccc2)n1C. The van der Waals surface area contributed by atoms with E-state index in [1.807, 2.05) is 54.6 Å². The molecule has 0 radical (unpaired) electrons. The molecule has 43 heavy (non-hydrogen) atoms. The summed E-state index contributed by atoms with van der Waals surface area (Å²) >= 11 is 0. The maximum absolute atomic E-state index is 13.2. The van der Waals surface area contributed by atoms with Gasteiger partial charge in [0.25, 0.3) is 11.5 Å². The van der Waals surface area contributed by atoms with Gasteiger partial charge in [0.2, 0.25) is 0 Å². The van der Waals surface area contributed by atoms with Crippen LogP contribution in [-0.4, -0.2) is 46.1 Å². The highest BCUT2D eigenvalue weighted by Crippen LogP contribution is 2.33. The molecule has 6 rings (SSSR count). The van der Waals surface area contributed by atoms with Crippen molar-refractivity contribution in [3.05, 3.63) is 100 Å². The Morgan fingerprint density at radius 3 is 2.77 bits per heavy atom. The number of hydrogen-bond donors (Lipinski definition) is 2. The van der Waals surface area contributed by atoms with Crippen molar-refractivity contribution in [2.24, 2.45) is 7.05 Å². The van der Waals surface area contributed by atoms with Gasteiger partial charge in [-0.25, -0.2) is 19.4 Å². The first-order valence-electron chi connectivity index (χ1n) is 14.3. The molecule has 222 valence electrons. The molecular weight excluding hydrogens is 550 g/mol. The second kappa shape index (κ2) is 12.6. The molecule has 1 atom stereocenters. The quantitative estimate of drug-likeness (QED) is 0.283. The van der Waals surface area contributed by atoms with E-state index >= 15 is 0 Å². The molecule has 0 bridgehead atoms. The van der Waals surface area contributed by atoms with Crippen molar-refractivity contribution in [3.63, 3.8) is 0 Å². The summed E-state index contributed by atoms with van der Waals surface area (Å²) in [4.78, 5) is 41.2. The van der Waals surface area contributed by atoms with Crippen LogP contribution in [0.3, 0.4) is 0 Å². The van der Waals surface area contributed by atoms with E-state index in [0.29, 0.717) is 48.5 Å². The average Bonchev–Trinajstić information content (AvgIpc) is 3.18. The molecule has 1 amide bonds. The number of ether oxygens (including phenoxy) is 2. The van der Waals surface area contributed by atoms with Crippen molar-refractivity contribution in [1.29, 1.82) is 0 Å². The number of fused-ring (bicyclic) bond motifs is 1. The number of benzene rings is 2. The van der Waals surface area contributed by atoms with Crippen LogP contribution >= 0.6 is 0 Å². The maximum atomic E-state index is 13.2. The van der Waals surface area contributed by atoms with Gasteiger partial charge in [-0.05, 0) is 68.7 Å². The molecule has 4 heterocycles. The van der Waals surface area contributed by atoms with E-state index in [-0.39, 0.29) is 11.7 Å². The summed E-state index contributed by atoms with van der Waals surface area (Å²) in [5, 5.41) is 6.09. The first kappa shape index (κ1) is 28.3. The van der Waals surface area contributed by atoms with Crippen LogP contribution in [0, 0.1) is 6.92 Å². The molecule has 1 unspecified atom stereocenters. The highest BCUT2D eigenvalue weighted by molar-refractivity contribution is 6.04. The lowest BCUT2D eigenvalue weighted by molar-refractivity contribution is -0.321. The lowest BCUT2D eigenvalue weighted by Gasteiger charge is -2.21. The van der Waals surface area contributed by atoms with Gasteiger partial charge in [-0.1, -0.05) is 18.2 Å². The van der Waals surface area contributed by atoms with Gasteiger partial charge < -0.3 is 20.1 Å². The van der Waals surface area contributed by atoms with Gasteiger partial charge in [0.1, 0.15) is 41.4 Å². The number of nitrogens with zero attached hydrogens (tertiary/aromatic N) is 3. The van der Waals surface area contributed by atoms with Gasteiger partial charge in [0, 0.05) is 30.9 Å². The molecule has 2 aromatic carbocycles. The smallest absolute Gasteiger partial charge is 0.284 e. The number of para-hydroxylation sites is 1. The minimum absolute atomic E-state index is 0.0587. The first-order valence-corrected chi connectivity index (χ1v) is 14.3. The van der Waals surface area contributed by atoms with Gasteiger partial charge >= 0.3 is 0 Å². The number of amides is 1. The number of hydrogen-bond acceptors (Lipinski definition) is 8. The van der Waals surface area contributed by atoms with Crippen LogP contribution in [0.1, 0.15) is 40.9 Å². The molecule has 1 fully saturated rings. The van der Waals surface area contributed by atoms with Crippen LogP contribution in [0.4, 0.5) is 11.5 Å². The van der Waals surface area contributed by atoms with E-state index in [4.69, 9.17) is 19.2 Å². The highest BCUT2D eigenvalue weighted by atomic mass is 17.2. The molecule has 2 aromatic heterocycles. The van der Waals surface area contributed by atoms with E-state index in [1.165, 1.54) is 10.9 Å². The van der Waals surface area contributed by atoms with Crippen molar-refractivity contribution >= 4 is 23.2 Å². The largest absolute Gasteiger partial charge is 0.491 e. The maximum Gasteiger partial charge on any atom is 0.284 e. The van der Waals surface area contributed by atoms with Gasteiger partial charge in [0.15, 0.2) is 0 Å². The van der Waals surface area contributed by atoms with E-state index in [2.05, 4.69) is 15.6 Å². The third kappa shape index (κ3) is 6.18. The van der Waals surface area contributed by atoms with Crippen LogP contribution in [0.5, 0.6) is 11.5 Å². The molecule has 11 nitrogen and oxygen atoms in total. The summed E-state index contributed by atoms with van der Waals surface area (Å²) in [7, 11) is 1.75. The molecule has 2 N–H and O–H groups in total. The van der Waals surface area contributed by atoms with Gasteiger partial charge in [0.05, 0.1) is 24.2 Å². The van der Waals surface area contributed by atoms with E-state index in [0.717, 1.165) is 36.3 Å². The van der Waals surface area contributed by atoms with Crippen molar-refractivity contribution in [3.8, 4) is 17.2 Å². The number of anilines is 2. The third-order valence-electron chi connectivity index (χ3n) is 7.47. The van der Waals surface area contributed by atoms with Crippen LogP contribution < -0.4 is 25.7 Å². The van der Waals surface area contributed by atoms with Crippen LogP contribution in [0.2, 0.25) is 0 Å². The summed E-state index contributed by atoms with van der Waals surface area (Å²) in [6.45, 7) is 3.36. The summed E-state index contributed by atoms with van der Waals surface area (Å²) in [5.74, 6) is 1.69. The minimum atomic E-state index is -0.528. The average molecular weight is 584 g/mol. The fourth-order valence-corrected chi connectivity index (χ4v) is 5.11. The molecule has 4 aromatic rings. The minimum Gasteiger partial charge on any atom is -0.491 e. The summed E-state index contributed by atoms with van der Waals surface area (Å²) in [6, 6.07) is 18.3. The van der Waals surface area contributed by atoms with Crippen molar-refractivity contribution in [2.45, 2.75) is 32.3 Å². The van der Waals surface area contributed by atoms with Crippen molar-refractivity contribution in [1.82, 2.24) is 14.3 Å². The Kier molecular flexibility index (Phi) is 8.25. The zero-order valence-electron chi connectivity index (χ0n) is 24.0. The van der Waals surface area contributed by atoms with Crippen molar-refractivity contribution in [2.75, 3.05) is 30.4 Å². The molecule has 2 aliphatic rings. The Labute approximate surface area is 248 Å². The Morgan fingerprint density at radius 2 is 1.95 bits per heavy atom. The summed E-state index contributed by atoms with van der Waals surface area (Å²) < 4.78 is 15.3. The molecule has 11 heteroatoms. The molecule has 0 aliphatic carbocycles. The van der Waals surface area contributed by atoms with Gasteiger partial charge in [-0.3, -0.25) is 14.3 Å². The number of aromatic nitrogens is 3. The number of carbonyl (C=O) groups is 1. The van der Waals surface area contributed by atoms with E-state index in [1.54, 1.807) is 30.8 Å². The molecule has 0 saturated carbocycles. The van der Waals surface area contributed by atoms with Gasteiger partial charge in [-0.15, -0.1) is 0 Å². The Bertz CT molecular complexity index is 1690. The normalized spacial score (nSPS) is 16.3. The van der Waals surface area contributed by atoms with Crippen LogP contribution in [0.15, 0.2) is 77.7 Å². The number of nitrogens with one attached hydrogen (secondary N) is 2. The zero-order chi connectivity index (χ0) is 29.8. The topological polar surface area (TPSA) is 118 Å². The van der Waals surface area contributed by atoms with Crippen LogP contribution in [0.25, 0.3) is 11.4 Å². The zero-order valence-corrected chi connectivity index (χ0v) is 24.0. The molecular formula is C32H33N5O6. The Morgan fingerprint density at radius 1 is 1.12 bits per heavy atom. The second-order valence-corrected chi connectivity index (χ2v) is 10.4. The third-order valence-corrected chi connectivity index (χ3v) is 7.47. The molecule has 1 saturated heterocycles.